The highest BCUT2D eigenvalue weighted by atomic mass is 79.9. The molecule has 1 aromatic heterocycles. The number of benzene rings is 1. The van der Waals surface area contributed by atoms with Crippen LogP contribution in [0.1, 0.15) is 16.1 Å². The van der Waals surface area contributed by atoms with E-state index >= 15 is 0 Å². The number of anilines is 1. The fraction of sp³-hybridized carbons (Fsp3) is 0.143. The highest BCUT2D eigenvalue weighted by Crippen LogP contribution is 2.26. The van der Waals surface area contributed by atoms with Gasteiger partial charge < -0.3 is 10.1 Å². The SMILES string of the molecule is COC(=O)c1ccc(CNc2ccc(Cl)cc2Br)nc1. The highest BCUT2D eigenvalue weighted by Gasteiger charge is 2.06. The maximum Gasteiger partial charge on any atom is 0.339 e. The van der Waals surface area contributed by atoms with Crippen LogP contribution in [0.4, 0.5) is 5.69 Å². The van der Waals surface area contributed by atoms with Crippen molar-refractivity contribution in [1.29, 1.82) is 0 Å². The molecule has 0 fully saturated rings. The van der Waals surface area contributed by atoms with E-state index in [2.05, 4.69) is 31.0 Å². The topological polar surface area (TPSA) is 51.2 Å². The Balaban J connectivity index is 2.02. The first-order valence-electron chi connectivity index (χ1n) is 5.82. The van der Waals surface area contributed by atoms with Crippen molar-refractivity contribution in [2.24, 2.45) is 0 Å². The van der Waals surface area contributed by atoms with Gasteiger partial charge in [-0.1, -0.05) is 11.6 Å². The second kappa shape index (κ2) is 6.72. The minimum Gasteiger partial charge on any atom is -0.465 e. The van der Waals surface area contributed by atoms with Gasteiger partial charge in [-0.25, -0.2) is 4.79 Å². The summed E-state index contributed by atoms with van der Waals surface area (Å²) in [5.74, 6) is -0.391. The third kappa shape index (κ3) is 3.71. The zero-order chi connectivity index (χ0) is 14.5. The molecule has 4 nitrogen and oxygen atoms in total. The maximum atomic E-state index is 11.3. The summed E-state index contributed by atoms with van der Waals surface area (Å²) in [6.07, 6.45) is 1.50. The van der Waals surface area contributed by atoms with Gasteiger partial charge in [-0.05, 0) is 46.3 Å². The van der Waals surface area contributed by atoms with Crippen molar-refractivity contribution in [1.82, 2.24) is 4.98 Å². The van der Waals surface area contributed by atoms with Crippen molar-refractivity contribution in [2.45, 2.75) is 6.54 Å². The van der Waals surface area contributed by atoms with Crippen LogP contribution in [0.3, 0.4) is 0 Å². The summed E-state index contributed by atoms with van der Waals surface area (Å²) in [4.78, 5) is 15.5. The van der Waals surface area contributed by atoms with Crippen LogP contribution >= 0.6 is 27.5 Å². The van der Waals surface area contributed by atoms with Crippen LogP contribution in [0.25, 0.3) is 0 Å². The predicted octanol–water partition coefficient (Wildman–Crippen LogP) is 3.90. The van der Waals surface area contributed by atoms with Crippen LogP contribution in [0, 0.1) is 0 Å². The zero-order valence-corrected chi connectivity index (χ0v) is 13.0. The number of rotatable bonds is 4. The van der Waals surface area contributed by atoms with Crippen LogP contribution in [0.2, 0.25) is 5.02 Å². The second-order valence-corrected chi connectivity index (χ2v) is 5.30. The number of aromatic nitrogens is 1. The summed E-state index contributed by atoms with van der Waals surface area (Å²) < 4.78 is 5.50. The van der Waals surface area contributed by atoms with Gasteiger partial charge in [0.1, 0.15) is 0 Å². The third-order valence-electron chi connectivity index (χ3n) is 2.64. The number of carbonyl (C=O) groups is 1. The Labute approximate surface area is 130 Å². The van der Waals surface area contributed by atoms with Crippen LogP contribution in [-0.4, -0.2) is 18.1 Å². The molecule has 2 aromatic rings. The van der Waals surface area contributed by atoms with E-state index in [0.29, 0.717) is 17.1 Å². The van der Waals surface area contributed by atoms with Crippen molar-refractivity contribution < 1.29 is 9.53 Å². The van der Waals surface area contributed by atoms with Gasteiger partial charge in [-0.3, -0.25) is 4.98 Å². The number of esters is 1. The number of ether oxygens (including phenoxy) is 1. The number of halogens is 2. The van der Waals surface area contributed by atoms with Crippen LogP contribution < -0.4 is 5.32 Å². The molecule has 20 heavy (non-hydrogen) atoms. The number of carbonyl (C=O) groups excluding carboxylic acids is 1. The summed E-state index contributed by atoms with van der Waals surface area (Å²) in [5.41, 5.74) is 2.18. The van der Waals surface area contributed by atoms with Gasteiger partial charge >= 0.3 is 5.97 Å². The highest BCUT2D eigenvalue weighted by molar-refractivity contribution is 9.10. The minimum atomic E-state index is -0.391. The van der Waals surface area contributed by atoms with Crippen molar-refractivity contribution in [3.8, 4) is 0 Å². The molecule has 0 saturated heterocycles. The van der Waals surface area contributed by atoms with Crippen molar-refractivity contribution in [3.63, 3.8) is 0 Å². The first-order valence-corrected chi connectivity index (χ1v) is 6.99. The fourth-order valence-corrected chi connectivity index (χ4v) is 2.41. The van der Waals surface area contributed by atoms with E-state index in [-0.39, 0.29) is 0 Å². The number of nitrogens with zero attached hydrogens (tertiary/aromatic N) is 1. The average Bonchev–Trinajstić information content (AvgIpc) is 2.46. The van der Waals surface area contributed by atoms with Crippen LogP contribution in [-0.2, 0) is 11.3 Å². The molecule has 104 valence electrons. The van der Waals surface area contributed by atoms with E-state index in [9.17, 15) is 4.79 Å². The van der Waals surface area contributed by atoms with Gasteiger partial charge in [0.2, 0.25) is 0 Å². The van der Waals surface area contributed by atoms with Gasteiger partial charge in [0, 0.05) is 21.4 Å². The first-order chi connectivity index (χ1) is 9.60. The predicted molar refractivity (Wildman–Crippen MR) is 82.1 cm³/mol. The Morgan fingerprint density at radius 1 is 1.40 bits per heavy atom. The molecule has 0 aliphatic rings. The summed E-state index contributed by atoms with van der Waals surface area (Å²) in [7, 11) is 1.34. The van der Waals surface area contributed by atoms with E-state index in [0.717, 1.165) is 15.9 Å². The molecule has 0 bridgehead atoms. The first kappa shape index (κ1) is 14.8. The summed E-state index contributed by atoms with van der Waals surface area (Å²) in [6, 6.07) is 8.98. The second-order valence-electron chi connectivity index (χ2n) is 4.01. The molecule has 0 saturated carbocycles. The van der Waals surface area contributed by atoms with Crippen molar-refractivity contribution in [3.05, 3.63) is 57.3 Å². The lowest BCUT2D eigenvalue weighted by molar-refractivity contribution is 0.0600. The van der Waals surface area contributed by atoms with Gasteiger partial charge in [0.05, 0.1) is 24.9 Å². The summed E-state index contributed by atoms with van der Waals surface area (Å²) in [6.45, 7) is 0.543. The molecule has 0 amide bonds. The number of methoxy groups -OCH3 is 1. The quantitative estimate of drug-likeness (QED) is 0.845. The Kier molecular flexibility index (Phi) is 4.98. The third-order valence-corrected chi connectivity index (χ3v) is 3.53. The molecule has 6 heteroatoms. The Hall–Kier alpha value is -1.59. The monoisotopic (exact) mass is 354 g/mol. The molecular weight excluding hydrogens is 344 g/mol. The van der Waals surface area contributed by atoms with Crippen molar-refractivity contribution >= 4 is 39.2 Å². The number of hydrogen-bond donors (Lipinski definition) is 1. The molecule has 0 aliphatic carbocycles. The molecule has 1 N–H and O–H groups in total. The number of nitrogens with one attached hydrogen (secondary N) is 1. The zero-order valence-electron chi connectivity index (χ0n) is 10.7. The van der Waals surface area contributed by atoms with E-state index in [1.165, 1.54) is 13.3 Å². The standard InChI is InChI=1S/C14H12BrClN2O2/c1-20-14(19)9-2-4-11(17-7-9)8-18-13-5-3-10(16)6-12(13)15/h2-7,18H,8H2,1H3. The van der Waals surface area contributed by atoms with Gasteiger partial charge in [0.15, 0.2) is 0 Å². The van der Waals surface area contributed by atoms with Crippen molar-refractivity contribution in [2.75, 3.05) is 12.4 Å². The lowest BCUT2D eigenvalue weighted by Crippen LogP contribution is -2.05. The van der Waals surface area contributed by atoms with Crippen LogP contribution in [0.15, 0.2) is 41.0 Å². The van der Waals surface area contributed by atoms with E-state index < -0.39 is 5.97 Å². The minimum absolute atomic E-state index is 0.391. The molecule has 0 atom stereocenters. The Morgan fingerprint density at radius 3 is 2.80 bits per heavy atom. The molecule has 2 rings (SSSR count). The smallest absolute Gasteiger partial charge is 0.339 e. The van der Waals surface area contributed by atoms with E-state index in [4.69, 9.17) is 11.6 Å². The largest absolute Gasteiger partial charge is 0.465 e. The van der Waals surface area contributed by atoms with E-state index in [1.807, 2.05) is 18.2 Å². The molecule has 0 radical (unpaired) electrons. The molecule has 0 aliphatic heterocycles. The van der Waals surface area contributed by atoms with Gasteiger partial charge in [-0.15, -0.1) is 0 Å². The van der Waals surface area contributed by atoms with E-state index in [1.54, 1.807) is 12.1 Å². The number of pyridine rings is 1. The van der Waals surface area contributed by atoms with Crippen LogP contribution in [0.5, 0.6) is 0 Å². The Bertz CT molecular complexity index is 617. The summed E-state index contributed by atoms with van der Waals surface area (Å²) in [5, 5.41) is 3.90. The van der Waals surface area contributed by atoms with Gasteiger partial charge in [0.25, 0.3) is 0 Å². The average molecular weight is 356 g/mol. The normalized spacial score (nSPS) is 10.2. The summed E-state index contributed by atoms with van der Waals surface area (Å²) >= 11 is 9.31. The van der Waals surface area contributed by atoms with Gasteiger partial charge in [-0.2, -0.15) is 0 Å². The molecule has 0 spiro atoms. The molecule has 1 aromatic carbocycles. The maximum absolute atomic E-state index is 11.3. The molecule has 0 unspecified atom stereocenters. The Morgan fingerprint density at radius 2 is 2.20 bits per heavy atom. The lowest BCUT2D eigenvalue weighted by atomic mass is 10.2. The molecular formula is C14H12BrClN2O2. The molecule has 1 heterocycles. The number of hydrogen-bond acceptors (Lipinski definition) is 4. The lowest BCUT2D eigenvalue weighted by Gasteiger charge is -2.08. The fourth-order valence-electron chi connectivity index (χ4n) is 1.59.